The van der Waals surface area contributed by atoms with Gasteiger partial charge in [0, 0.05) is 18.8 Å². The Morgan fingerprint density at radius 1 is 1.02 bits per heavy atom. The van der Waals surface area contributed by atoms with Crippen molar-refractivity contribution in [3.8, 4) is 0 Å². The number of aliphatic hydroxyl groups is 1. The van der Waals surface area contributed by atoms with E-state index in [-0.39, 0.29) is 42.7 Å². The van der Waals surface area contributed by atoms with E-state index in [1.54, 1.807) is 12.3 Å². The van der Waals surface area contributed by atoms with E-state index in [1.165, 1.54) is 18.3 Å². The fraction of sp³-hybridized carbons (Fsp3) is 0.516. The number of nitrogens with zero attached hydrogens (tertiary/aromatic N) is 2. The largest absolute Gasteiger partial charge is 0.443 e. The number of carbonyl (C=O) groups excluding carboxylic acids is 1. The predicted octanol–water partition coefficient (Wildman–Crippen LogP) is 3.54. The van der Waals surface area contributed by atoms with Crippen LogP contribution in [0, 0.1) is 5.92 Å². The average Bonchev–Trinajstić information content (AvgIpc) is 3.78. The van der Waals surface area contributed by atoms with Crippen molar-refractivity contribution in [3.63, 3.8) is 0 Å². The lowest BCUT2D eigenvalue weighted by atomic mass is 9.99. The summed E-state index contributed by atoms with van der Waals surface area (Å²) in [5.41, 5.74) is 0.546. The quantitative estimate of drug-likeness (QED) is 0.330. The highest BCUT2D eigenvalue weighted by atomic mass is 32.2. The third-order valence-electron chi connectivity index (χ3n) is 8.51. The summed E-state index contributed by atoms with van der Waals surface area (Å²) in [6.45, 7) is 0.785. The zero-order valence-electron chi connectivity index (χ0n) is 23.8. The molecule has 1 saturated carbocycles. The predicted molar refractivity (Wildman–Crippen MR) is 156 cm³/mol. The van der Waals surface area contributed by atoms with Gasteiger partial charge in [0.05, 0.1) is 53.3 Å². The molecule has 1 aliphatic carbocycles. The molecular formula is C31H37N3O8S. The Kier molecular flexibility index (Phi) is 9.20. The van der Waals surface area contributed by atoms with E-state index >= 15 is 0 Å². The first-order valence-corrected chi connectivity index (χ1v) is 16.4. The minimum absolute atomic E-state index is 0.0378. The molecule has 4 unspecified atom stereocenters. The van der Waals surface area contributed by atoms with Gasteiger partial charge in [-0.2, -0.15) is 0 Å². The van der Waals surface area contributed by atoms with Gasteiger partial charge in [-0.15, -0.1) is 0 Å². The molecule has 3 fully saturated rings. The maximum absolute atomic E-state index is 14.0. The zero-order chi connectivity index (χ0) is 29.8. The molecule has 11 nitrogen and oxygen atoms in total. The van der Waals surface area contributed by atoms with Gasteiger partial charge < -0.3 is 29.4 Å². The number of aromatic nitrogens is 2. The van der Waals surface area contributed by atoms with Gasteiger partial charge in [-0.3, -0.25) is 9.97 Å². The van der Waals surface area contributed by atoms with E-state index in [4.69, 9.17) is 18.9 Å². The van der Waals surface area contributed by atoms with Gasteiger partial charge >= 0.3 is 6.09 Å². The normalized spacial score (nSPS) is 24.4. The summed E-state index contributed by atoms with van der Waals surface area (Å²) >= 11 is 0. The topological polar surface area (TPSA) is 146 Å². The van der Waals surface area contributed by atoms with Crippen LogP contribution in [0.4, 0.5) is 4.79 Å². The van der Waals surface area contributed by atoms with Crippen LogP contribution in [-0.4, -0.2) is 78.9 Å². The third-order valence-corrected chi connectivity index (χ3v) is 10.4. The second kappa shape index (κ2) is 13.2. The summed E-state index contributed by atoms with van der Waals surface area (Å²) in [6, 6.07) is 13.1. The van der Waals surface area contributed by atoms with Crippen LogP contribution in [0.25, 0.3) is 11.0 Å². The Morgan fingerprint density at radius 2 is 1.79 bits per heavy atom. The number of sulfone groups is 1. The Labute approximate surface area is 250 Å². The van der Waals surface area contributed by atoms with Gasteiger partial charge in [0.15, 0.2) is 11.7 Å². The number of fused-ring (bicyclic) bond motifs is 2. The smallest absolute Gasteiger partial charge is 0.407 e. The van der Waals surface area contributed by atoms with E-state index in [0.717, 1.165) is 37.7 Å². The van der Waals surface area contributed by atoms with Crippen molar-refractivity contribution in [1.29, 1.82) is 0 Å². The van der Waals surface area contributed by atoms with Crippen molar-refractivity contribution >= 4 is 27.0 Å². The molecule has 3 aromatic rings. The number of rotatable bonds is 11. The monoisotopic (exact) mass is 611 g/mol. The zero-order valence-corrected chi connectivity index (χ0v) is 24.6. The highest BCUT2D eigenvalue weighted by Gasteiger charge is 2.44. The standard InChI is InChI=1S/C31H37N3O8S/c35-27(26(16-20-6-2-1-3-7-20)34-31(36)42-28-19-40-30-23(28)12-15-39-30)18-29(41-21-8-4-5-9-21)43(37,38)22-10-11-24-25(17-22)33-14-13-32-24/h1-3,6-7,10-11,13-14,17,21,23,26-30,35H,4-5,8-9,12,15-16,18-19H2,(H,34,36)/t23?,26-,27-,28?,29?,30?/m0/s1. The molecule has 0 radical (unpaired) electrons. The van der Waals surface area contributed by atoms with Crippen molar-refractivity contribution in [3.05, 3.63) is 66.5 Å². The van der Waals surface area contributed by atoms with Crippen LogP contribution in [0.15, 0.2) is 65.8 Å². The third kappa shape index (κ3) is 6.99. The molecule has 43 heavy (non-hydrogen) atoms. The highest BCUT2D eigenvalue weighted by Crippen LogP contribution is 2.33. The molecule has 2 aliphatic heterocycles. The Hall–Kier alpha value is -3.16. The summed E-state index contributed by atoms with van der Waals surface area (Å²) in [7, 11) is -4.06. The molecule has 3 heterocycles. The SMILES string of the molecule is O=C(N[C@@H](Cc1ccccc1)[C@@H](O)CC(OC1CCCC1)S(=O)(=O)c1ccc2nccnc2c1)OC1COC2OCCC12. The first-order valence-electron chi connectivity index (χ1n) is 14.9. The van der Waals surface area contributed by atoms with Gasteiger partial charge in [0.25, 0.3) is 0 Å². The summed E-state index contributed by atoms with van der Waals surface area (Å²) in [6.07, 6.45) is 4.16. The Morgan fingerprint density at radius 3 is 2.58 bits per heavy atom. The van der Waals surface area contributed by atoms with Crippen LogP contribution in [0.3, 0.4) is 0 Å². The molecule has 1 aromatic heterocycles. The molecule has 12 heteroatoms. The van der Waals surface area contributed by atoms with Crippen LogP contribution in [0.1, 0.15) is 44.1 Å². The highest BCUT2D eigenvalue weighted by molar-refractivity contribution is 7.92. The fourth-order valence-corrected chi connectivity index (χ4v) is 7.74. The van der Waals surface area contributed by atoms with E-state index in [1.807, 2.05) is 30.3 Å². The number of aliphatic hydroxyl groups excluding tert-OH is 1. The van der Waals surface area contributed by atoms with Crippen molar-refractivity contribution in [2.45, 2.75) is 85.9 Å². The van der Waals surface area contributed by atoms with Crippen LogP contribution in [0.2, 0.25) is 0 Å². The van der Waals surface area contributed by atoms with E-state index in [0.29, 0.717) is 17.6 Å². The molecule has 230 valence electrons. The first-order chi connectivity index (χ1) is 20.9. The lowest BCUT2D eigenvalue weighted by Gasteiger charge is -2.29. The minimum atomic E-state index is -4.06. The second-order valence-corrected chi connectivity index (χ2v) is 13.5. The van der Waals surface area contributed by atoms with Crippen LogP contribution >= 0.6 is 0 Å². The van der Waals surface area contributed by atoms with Crippen molar-refractivity contribution in [2.75, 3.05) is 13.2 Å². The molecule has 3 aliphatic rings. The number of ether oxygens (including phenoxy) is 4. The molecule has 2 saturated heterocycles. The number of benzene rings is 2. The van der Waals surface area contributed by atoms with Crippen molar-refractivity contribution < 1.29 is 37.3 Å². The van der Waals surface area contributed by atoms with Crippen LogP contribution < -0.4 is 5.32 Å². The number of hydrogen-bond acceptors (Lipinski definition) is 10. The Balaban J connectivity index is 1.22. The molecule has 6 atom stereocenters. The maximum Gasteiger partial charge on any atom is 0.407 e. The van der Waals surface area contributed by atoms with Gasteiger partial charge in [0.1, 0.15) is 6.10 Å². The van der Waals surface area contributed by atoms with Crippen molar-refractivity contribution in [2.24, 2.45) is 5.92 Å². The van der Waals surface area contributed by atoms with Gasteiger partial charge in [-0.25, -0.2) is 13.2 Å². The molecule has 2 aromatic carbocycles. The first kappa shape index (κ1) is 29.9. The number of hydrogen-bond donors (Lipinski definition) is 2. The van der Waals surface area contributed by atoms with Crippen LogP contribution in [-0.2, 0) is 35.2 Å². The maximum atomic E-state index is 14.0. The van der Waals surface area contributed by atoms with E-state index < -0.39 is 39.6 Å². The fourth-order valence-electron chi connectivity index (χ4n) is 6.15. The molecule has 0 spiro atoms. The lowest BCUT2D eigenvalue weighted by molar-refractivity contribution is -0.0907. The number of nitrogens with one attached hydrogen (secondary N) is 1. The van der Waals surface area contributed by atoms with Gasteiger partial charge in [-0.05, 0) is 49.4 Å². The number of carbonyl (C=O) groups is 1. The van der Waals surface area contributed by atoms with Crippen LogP contribution in [0.5, 0.6) is 0 Å². The summed E-state index contributed by atoms with van der Waals surface area (Å²) in [5.74, 6) is -0.0378. The lowest BCUT2D eigenvalue weighted by Crippen LogP contribution is -2.48. The van der Waals surface area contributed by atoms with E-state index in [9.17, 15) is 18.3 Å². The van der Waals surface area contributed by atoms with Crippen molar-refractivity contribution in [1.82, 2.24) is 15.3 Å². The molecule has 1 amide bonds. The Bertz CT molecular complexity index is 1500. The molecule has 0 bridgehead atoms. The molecular weight excluding hydrogens is 574 g/mol. The number of amides is 1. The summed E-state index contributed by atoms with van der Waals surface area (Å²) in [5, 5.41) is 14.4. The average molecular weight is 612 g/mol. The summed E-state index contributed by atoms with van der Waals surface area (Å²) < 4.78 is 51.1. The summed E-state index contributed by atoms with van der Waals surface area (Å²) in [4.78, 5) is 21.6. The second-order valence-electron chi connectivity index (χ2n) is 11.4. The molecule has 6 rings (SSSR count). The van der Waals surface area contributed by atoms with E-state index in [2.05, 4.69) is 15.3 Å². The molecule has 2 N–H and O–H groups in total. The minimum Gasteiger partial charge on any atom is -0.443 e. The van der Waals surface area contributed by atoms with Gasteiger partial charge in [-0.1, -0.05) is 43.2 Å². The number of alkyl carbamates (subject to hydrolysis) is 1. The van der Waals surface area contributed by atoms with Gasteiger partial charge in [0.2, 0.25) is 9.84 Å².